The van der Waals surface area contributed by atoms with Crippen LogP contribution in [0.3, 0.4) is 0 Å². The number of halogens is 1. The van der Waals surface area contributed by atoms with E-state index in [-0.39, 0.29) is 5.90 Å². The Morgan fingerprint density at radius 3 is 2.33 bits per heavy atom. The van der Waals surface area contributed by atoms with Crippen molar-refractivity contribution in [3.05, 3.63) is 29.8 Å². The van der Waals surface area contributed by atoms with Crippen molar-refractivity contribution >= 4 is 16.1 Å². The van der Waals surface area contributed by atoms with Gasteiger partial charge in [-0.2, -0.15) is 8.42 Å². The molecule has 0 unspecified atom stereocenters. The van der Waals surface area contributed by atoms with Crippen LogP contribution in [0, 0.1) is 5.41 Å². The van der Waals surface area contributed by atoms with E-state index < -0.39 is 15.1 Å². The number of benzene rings is 1. The highest BCUT2D eigenvalue weighted by Gasteiger charge is 2.11. The fourth-order valence-corrected chi connectivity index (χ4v) is 1.46. The standard InChI is InChI=1S/C9H10FNO3S/c1-2-14-9(11)7-3-5-8(6-4-7)15(10,12)13/h3-6,11H,2H2,1H3. The van der Waals surface area contributed by atoms with Gasteiger partial charge in [-0.25, -0.2) is 0 Å². The lowest BCUT2D eigenvalue weighted by atomic mass is 10.2. The fourth-order valence-electron chi connectivity index (χ4n) is 0.997. The fraction of sp³-hybridized carbons (Fsp3) is 0.222. The van der Waals surface area contributed by atoms with Gasteiger partial charge in [0.15, 0.2) is 0 Å². The van der Waals surface area contributed by atoms with E-state index in [0.717, 1.165) is 12.1 Å². The molecule has 0 bridgehead atoms. The molecule has 1 aromatic carbocycles. The van der Waals surface area contributed by atoms with E-state index in [9.17, 15) is 12.3 Å². The summed E-state index contributed by atoms with van der Waals surface area (Å²) in [5.74, 6) is -0.0692. The number of rotatable bonds is 3. The van der Waals surface area contributed by atoms with E-state index in [4.69, 9.17) is 10.1 Å². The second kappa shape index (κ2) is 4.39. The largest absolute Gasteiger partial charge is 0.478 e. The minimum Gasteiger partial charge on any atom is -0.478 e. The van der Waals surface area contributed by atoms with Gasteiger partial charge < -0.3 is 4.74 Å². The van der Waals surface area contributed by atoms with Crippen LogP contribution < -0.4 is 0 Å². The molecular weight excluding hydrogens is 221 g/mol. The van der Waals surface area contributed by atoms with Gasteiger partial charge >= 0.3 is 10.2 Å². The predicted octanol–water partition coefficient (Wildman–Crippen LogP) is 1.71. The van der Waals surface area contributed by atoms with Crippen molar-refractivity contribution in [1.29, 1.82) is 5.41 Å². The number of hydrogen-bond acceptors (Lipinski definition) is 4. The molecule has 0 amide bonds. The van der Waals surface area contributed by atoms with Gasteiger partial charge in [-0.1, -0.05) is 0 Å². The minimum absolute atomic E-state index is 0.0692. The van der Waals surface area contributed by atoms with Crippen molar-refractivity contribution in [1.82, 2.24) is 0 Å². The first-order valence-electron chi connectivity index (χ1n) is 4.21. The summed E-state index contributed by atoms with van der Waals surface area (Å²) >= 11 is 0. The lowest BCUT2D eigenvalue weighted by Crippen LogP contribution is -2.04. The summed E-state index contributed by atoms with van der Waals surface area (Å²) in [7, 11) is -4.67. The normalized spacial score (nSPS) is 11.1. The predicted molar refractivity (Wildman–Crippen MR) is 53.2 cm³/mol. The molecule has 0 saturated heterocycles. The summed E-state index contributed by atoms with van der Waals surface area (Å²) in [4.78, 5) is -0.421. The van der Waals surface area contributed by atoms with Crippen molar-refractivity contribution in [3.8, 4) is 0 Å². The monoisotopic (exact) mass is 231 g/mol. The molecule has 0 fully saturated rings. The van der Waals surface area contributed by atoms with Crippen LogP contribution in [0.15, 0.2) is 29.2 Å². The lowest BCUT2D eigenvalue weighted by Gasteiger charge is -2.04. The third kappa shape index (κ3) is 3.02. The Bertz CT molecular complexity index is 453. The van der Waals surface area contributed by atoms with Gasteiger partial charge in [-0.05, 0) is 31.2 Å². The minimum atomic E-state index is -4.67. The zero-order chi connectivity index (χ0) is 11.5. The van der Waals surface area contributed by atoms with Crippen LogP contribution in [-0.4, -0.2) is 20.9 Å². The van der Waals surface area contributed by atoms with Crippen molar-refractivity contribution < 1.29 is 17.0 Å². The van der Waals surface area contributed by atoms with Crippen LogP contribution in [0.2, 0.25) is 0 Å². The maximum atomic E-state index is 12.5. The zero-order valence-electron chi connectivity index (χ0n) is 8.03. The molecule has 0 radical (unpaired) electrons. The van der Waals surface area contributed by atoms with Gasteiger partial charge in [0, 0.05) is 5.56 Å². The molecule has 82 valence electrons. The summed E-state index contributed by atoms with van der Waals surface area (Å²) in [6.45, 7) is 2.08. The molecule has 0 aliphatic carbocycles. The van der Waals surface area contributed by atoms with Gasteiger partial charge in [-0.15, -0.1) is 3.89 Å². The van der Waals surface area contributed by atoms with Crippen molar-refractivity contribution in [3.63, 3.8) is 0 Å². The average Bonchev–Trinajstić information content (AvgIpc) is 2.17. The second-order valence-corrected chi connectivity index (χ2v) is 4.07. The van der Waals surface area contributed by atoms with Crippen molar-refractivity contribution in [2.24, 2.45) is 0 Å². The van der Waals surface area contributed by atoms with Gasteiger partial charge in [0.2, 0.25) is 5.90 Å². The lowest BCUT2D eigenvalue weighted by molar-refractivity contribution is 0.325. The maximum absolute atomic E-state index is 12.5. The highest BCUT2D eigenvalue weighted by molar-refractivity contribution is 7.86. The van der Waals surface area contributed by atoms with E-state index >= 15 is 0 Å². The Kier molecular flexibility index (Phi) is 3.41. The van der Waals surface area contributed by atoms with E-state index in [1.54, 1.807) is 6.92 Å². The molecule has 1 N–H and O–H groups in total. The molecule has 0 heterocycles. The molecule has 0 aliphatic rings. The topological polar surface area (TPSA) is 67.2 Å². The van der Waals surface area contributed by atoms with Gasteiger partial charge in [0.1, 0.15) is 0 Å². The molecule has 0 saturated carbocycles. The number of ether oxygens (including phenoxy) is 1. The number of hydrogen-bond donors (Lipinski definition) is 1. The zero-order valence-corrected chi connectivity index (χ0v) is 8.84. The van der Waals surface area contributed by atoms with E-state index in [1.165, 1.54) is 12.1 Å². The Morgan fingerprint density at radius 2 is 1.93 bits per heavy atom. The Morgan fingerprint density at radius 1 is 1.40 bits per heavy atom. The smallest absolute Gasteiger partial charge is 0.332 e. The third-order valence-electron chi connectivity index (χ3n) is 1.69. The van der Waals surface area contributed by atoms with Crippen molar-refractivity contribution in [2.75, 3.05) is 6.61 Å². The first-order valence-corrected chi connectivity index (χ1v) is 5.60. The van der Waals surface area contributed by atoms with Gasteiger partial charge in [0.05, 0.1) is 11.5 Å². The third-order valence-corrected chi connectivity index (χ3v) is 2.52. The molecule has 0 aliphatic heterocycles. The number of nitrogens with one attached hydrogen (secondary N) is 1. The maximum Gasteiger partial charge on any atom is 0.332 e. The first kappa shape index (κ1) is 11.6. The van der Waals surface area contributed by atoms with Gasteiger partial charge in [-0.3, -0.25) is 5.41 Å². The summed E-state index contributed by atoms with van der Waals surface area (Å²) in [6, 6.07) is 4.84. The highest BCUT2D eigenvalue weighted by atomic mass is 32.3. The molecule has 0 atom stereocenters. The summed E-state index contributed by atoms with van der Waals surface area (Å²) in [5, 5.41) is 7.39. The van der Waals surface area contributed by atoms with Crippen LogP contribution >= 0.6 is 0 Å². The van der Waals surface area contributed by atoms with Crippen LogP contribution in [0.25, 0.3) is 0 Å². The van der Waals surface area contributed by atoms with Crippen LogP contribution in [0.1, 0.15) is 12.5 Å². The second-order valence-electron chi connectivity index (χ2n) is 2.72. The highest BCUT2D eigenvalue weighted by Crippen LogP contribution is 2.13. The van der Waals surface area contributed by atoms with Gasteiger partial charge in [0.25, 0.3) is 0 Å². The van der Waals surface area contributed by atoms with E-state index in [0.29, 0.717) is 12.2 Å². The van der Waals surface area contributed by atoms with Crippen LogP contribution in [0.4, 0.5) is 3.89 Å². The summed E-state index contributed by atoms with van der Waals surface area (Å²) in [6.07, 6.45) is 0. The molecule has 0 aromatic heterocycles. The SMILES string of the molecule is CCOC(=N)c1ccc(S(=O)(=O)F)cc1. The molecule has 15 heavy (non-hydrogen) atoms. The average molecular weight is 231 g/mol. The molecule has 0 spiro atoms. The summed E-state index contributed by atoms with van der Waals surface area (Å²) < 4.78 is 38.4. The molecule has 1 aromatic rings. The molecule has 6 heteroatoms. The molecule has 1 rings (SSSR count). The van der Waals surface area contributed by atoms with Crippen molar-refractivity contribution in [2.45, 2.75) is 11.8 Å². The van der Waals surface area contributed by atoms with E-state index in [1.807, 2.05) is 0 Å². The first-order chi connectivity index (χ1) is 6.95. The summed E-state index contributed by atoms with van der Waals surface area (Å²) in [5.41, 5.74) is 0.407. The molecule has 4 nitrogen and oxygen atoms in total. The van der Waals surface area contributed by atoms with E-state index in [2.05, 4.69) is 0 Å². The Labute approximate surface area is 87.4 Å². The Hall–Kier alpha value is -1.43. The van der Waals surface area contributed by atoms with Crippen LogP contribution in [-0.2, 0) is 15.0 Å². The molecular formula is C9H10FNO3S. The van der Waals surface area contributed by atoms with Crippen LogP contribution in [0.5, 0.6) is 0 Å². The quantitative estimate of drug-likeness (QED) is 0.489. The Balaban J connectivity index is 2.96.